The van der Waals surface area contributed by atoms with Gasteiger partial charge in [0.15, 0.2) is 0 Å². The highest BCUT2D eigenvalue weighted by atomic mass is 32.2. The van der Waals surface area contributed by atoms with E-state index in [-0.39, 0.29) is 11.8 Å². The van der Waals surface area contributed by atoms with Crippen molar-refractivity contribution in [2.24, 2.45) is 0 Å². The fourth-order valence-electron chi connectivity index (χ4n) is 3.31. The Morgan fingerprint density at radius 3 is 2.30 bits per heavy atom. The third-order valence-electron chi connectivity index (χ3n) is 5.19. The topological polar surface area (TPSA) is 53.1 Å². The summed E-state index contributed by atoms with van der Waals surface area (Å²) in [7, 11) is 5.15. The minimum atomic E-state index is 0.0365. The Labute approximate surface area is 182 Å². The summed E-state index contributed by atoms with van der Waals surface area (Å²) in [5.74, 6) is 1.26. The van der Waals surface area contributed by atoms with Gasteiger partial charge in [0.2, 0.25) is 5.91 Å². The van der Waals surface area contributed by atoms with Crippen molar-refractivity contribution in [3.05, 3.63) is 59.7 Å². The summed E-state index contributed by atoms with van der Waals surface area (Å²) in [5, 5.41) is 0. The van der Waals surface area contributed by atoms with Gasteiger partial charge in [-0.1, -0.05) is 24.3 Å². The Kier molecular flexibility index (Phi) is 7.76. The predicted octanol–water partition coefficient (Wildman–Crippen LogP) is 2.83. The van der Waals surface area contributed by atoms with Crippen LogP contribution < -0.4 is 4.74 Å². The third-order valence-corrected chi connectivity index (χ3v) is 6.25. The van der Waals surface area contributed by atoms with Gasteiger partial charge in [-0.3, -0.25) is 14.5 Å². The van der Waals surface area contributed by atoms with Crippen LogP contribution in [0.3, 0.4) is 0 Å². The highest BCUT2D eigenvalue weighted by Crippen LogP contribution is 2.25. The lowest BCUT2D eigenvalue weighted by Gasteiger charge is -2.35. The van der Waals surface area contributed by atoms with Crippen molar-refractivity contribution < 1.29 is 14.3 Å². The lowest BCUT2D eigenvalue weighted by molar-refractivity contribution is -0.125. The highest BCUT2D eigenvalue weighted by Gasteiger charge is 2.24. The number of carbonyl (C=O) groups excluding carboxylic acids is 2. The van der Waals surface area contributed by atoms with Crippen LogP contribution in [0.25, 0.3) is 0 Å². The first-order valence-electron chi connectivity index (χ1n) is 10.0. The monoisotopic (exact) mass is 427 g/mol. The van der Waals surface area contributed by atoms with Gasteiger partial charge in [0.25, 0.3) is 5.91 Å². The molecule has 2 amide bonds. The number of ether oxygens (including phenoxy) is 1. The van der Waals surface area contributed by atoms with Crippen molar-refractivity contribution in [2.45, 2.75) is 11.4 Å². The van der Waals surface area contributed by atoms with E-state index >= 15 is 0 Å². The molecule has 1 aliphatic rings. The van der Waals surface area contributed by atoms with Gasteiger partial charge in [0.05, 0.1) is 18.4 Å². The molecule has 1 saturated heterocycles. The molecule has 3 rings (SSSR count). The van der Waals surface area contributed by atoms with E-state index in [1.807, 2.05) is 41.3 Å². The van der Waals surface area contributed by atoms with Crippen molar-refractivity contribution in [1.82, 2.24) is 14.7 Å². The number of benzene rings is 2. The molecule has 0 bridgehead atoms. The Morgan fingerprint density at radius 1 is 1.00 bits per heavy atom. The number of hydrogen-bond acceptors (Lipinski definition) is 5. The fourth-order valence-corrected chi connectivity index (χ4v) is 4.33. The maximum atomic E-state index is 13.1. The molecule has 6 nitrogen and oxygen atoms in total. The summed E-state index contributed by atoms with van der Waals surface area (Å²) < 4.78 is 5.21. The van der Waals surface area contributed by atoms with E-state index in [1.54, 1.807) is 26.1 Å². The molecule has 0 N–H and O–H groups in total. The molecule has 1 fully saturated rings. The van der Waals surface area contributed by atoms with E-state index in [1.165, 1.54) is 17.3 Å². The van der Waals surface area contributed by atoms with Crippen LogP contribution in [-0.4, -0.2) is 79.7 Å². The molecule has 7 heteroatoms. The lowest BCUT2D eigenvalue weighted by atomic mass is 10.1. The van der Waals surface area contributed by atoms with Crippen LogP contribution in [0.2, 0.25) is 0 Å². The van der Waals surface area contributed by atoms with Gasteiger partial charge in [0.1, 0.15) is 5.75 Å². The molecule has 0 aromatic heterocycles. The molecule has 1 aliphatic heterocycles. The van der Waals surface area contributed by atoms with Gasteiger partial charge < -0.3 is 14.5 Å². The van der Waals surface area contributed by atoms with Crippen molar-refractivity contribution in [2.75, 3.05) is 53.1 Å². The number of piperazine rings is 1. The fraction of sp³-hybridized carbons (Fsp3) is 0.391. The lowest BCUT2D eigenvalue weighted by Crippen LogP contribution is -2.48. The highest BCUT2D eigenvalue weighted by molar-refractivity contribution is 8.00. The van der Waals surface area contributed by atoms with Crippen molar-refractivity contribution >= 4 is 23.6 Å². The van der Waals surface area contributed by atoms with Crippen LogP contribution in [-0.2, 0) is 11.3 Å². The van der Waals surface area contributed by atoms with Crippen LogP contribution in [0.1, 0.15) is 15.9 Å². The zero-order chi connectivity index (χ0) is 21.5. The number of amides is 2. The second-order valence-electron chi connectivity index (χ2n) is 7.49. The molecule has 2 aromatic carbocycles. The van der Waals surface area contributed by atoms with Gasteiger partial charge in [-0.2, -0.15) is 0 Å². The van der Waals surface area contributed by atoms with Crippen LogP contribution in [0.5, 0.6) is 5.75 Å². The zero-order valence-electron chi connectivity index (χ0n) is 17.8. The number of hydrogen-bond donors (Lipinski definition) is 0. The normalized spacial score (nSPS) is 14.4. The molecule has 0 radical (unpaired) electrons. The number of methoxy groups -OCH3 is 1. The second kappa shape index (κ2) is 10.5. The van der Waals surface area contributed by atoms with Crippen molar-refractivity contribution in [3.8, 4) is 5.75 Å². The van der Waals surface area contributed by atoms with E-state index < -0.39 is 0 Å². The molecule has 1 heterocycles. The summed E-state index contributed by atoms with van der Waals surface area (Å²) in [4.78, 5) is 31.7. The van der Waals surface area contributed by atoms with Gasteiger partial charge in [-0.15, -0.1) is 11.8 Å². The first kappa shape index (κ1) is 22.2. The minimum absolute atomic E-state index is 0.0365. The number of nitrogens with zero attached hydrogens (tertiary/aromatic N) is 3. The summed E-state index contributed by atoms with van der Waals surface area (Å²) in [6.45, 7) is 3.94. The largest absolute Gasteiger partial charge is 0.497 e. The van der Waals surface area contributed by atoms with E-state index in [4.69, 9.17) is 4.74 Å². The number of carbonyl (C=O) groups is 2. The van der Waals surface area contributed by atoms with E-state index in [9.17, 15) is 9.59 Å². The van der Waals surface area contributed by atoms with E-state index in [0.29, 0.717) is 24.4 Å². The quantitative estimate of drug-likeness (QED) is 0.636. The molecule has 0 spiro atoms. The Balaban J connectivity index is 1.56. The van der Waals surface area contributed by atoms with E-state index in [2.05, 4.69) is 17.0 Å². The molecular weight excluding hydrogens is 398 g/mol. The van der Waals surface area contributed by atoms with E-state index in [0.717, 1.165) is 30.3 Å². The van der Waals surface area contributed by atoms with Crippen LogP contribution >= 0.6 is 11.8 Å². The SMILES string of the molecule is COc1ccc(CN2CCN(C(=O)c3ccccc3SCC(=O)N(C)C)CC2)cc1. The molecule has 160 valence electrons. The summed E-state index contributed by atoms with van der Waals surface area (Å²) in [5.41, 5.74) is 1.92. The minimum Gasteiger partial charge on any atom is -0.497 e. The molecule has 2 aromatic rings. The van der Waals surface area contributed by atoms with Crippen LogP contribution in [0, 0.1) is 0 Å². The first-order chi connectivity index (χ1) is 14.5. The molecular formula is C23H29N3O3S. The van der Waals surface area contributed by atoms with Gasteiger partial charge in [-0.25, -0.2) is 0 Å². The van der Waals surface area contributed by atoms with Gasteiger partial charge in [0, 0.05) is 51.7 Å². The average Bonchev–Trinajstić information content (AvgIpc) is 2.78. The summed E-state index contributed by atoms with van der Waals surface area (Å²) in [6, 6.07) is 15.7. The van der Waals surface area contributed by atoms with Gasteiger partial charge >= 0.3 is 0 Å². The Bertz CT molecular complexity index is 862. The second-order valence-corrected chi connectivity index (χ2v) is 8.51. The smallest absolute Gasteiger partial charge is 0.255 e. The molecule has 0 aliphatic carbocycles. The first-order valence-corrected chi connectivity index (χ1v) is 11.0. The standard InChI is InChI=1S/C23H29N3O3S/c1-24(2)22(27)17-30-21-7-5-4-6-20(21)23(28)26-14-12-25(13-15-26)16-18-8-10-19(29-3)11-9-18/h4-11H,12-17H2,1-3H3. The summed E-state index contributed by atoms with van der Waals surface area (Å²) >= 11 is 1.42. The Hall–Kier alpha value is -2.51. The maximum absolute atomic E-state index is 13.1. The zero-order valence-corrected chi connectivity index (χ0v) is 18.7. The third kappa shape index (κ3) is 5.77. The van der Waals surface area contributed by atoms with Crippen LogP contribution in [0.4, 0.5) is 0 Å². The van der Waals surface area contributed by atoms with Crippen molar-refractivity contribution in [3.63, 3.8) is 0 Å². The summed E-state index contributed by atoms with van der Waals surface area (Å²) in [6.07, 6.45) is 0. The molecule has 0 atom stereocenters. The molecule has 0 unspecified atom stereocenters. The maximum Gasteiger partial charge on any atom is 0.255 e. The predicted molar refractivity (Wildman–Crippen MR) is 120 cm³/mol. The average molecular weight is 428 g/mol. The van der Waals surface area contributed by atoms with Crippen LogP contribution in [0.15, 0.2) is 53.4 Å². The number of thioether (sulfide) groups is 1. The molecule has 0 saturated carbocycles. The Morgan fingerprint density at radius 2 is 1.67 bits per heavy atom. The molecule has 30 heavy (non-hydrogen) atoms. The van der Waals surface area contributed by atoms with Crippen molar-refractivity contribution in [1.29, 1.82) is 0 Å². The van der Waals surface area contributed by atoms with Gasteiger partial charge in [-0.05, 0) is 29.8 Å². The number of rotatable bonds is 7.